The Morgan fingerprint density at radius 2 is 2.36 bits per heavy atom. The minimum atomic E-state index is 0.801. The number of nitrogens with one attached hydrogen (secondary N) is 1. The van der Waals surface area contributed by atoms with Crippen LogP contribution in [0.25, 0.3) is 0 Å². The van der Waals surface area contributed by atoms with E-state index >= 15 is 0 Å². The summed E-state index contributed by atoms with van der Waals surface area (Å²) in [4.78, 5) is 0. The van der Waals surface area contributed by atoms with Crippen molar-refractivity contribution in [2.24, 2.45) is 13.0 Å². The summed E-state index contributed by atoms with van der Waals surface area (Å²) < 4.78 is 2.06. The molecule has 0 spiro atoms. The third-order valence-electron chi connectivity index (χ3n) is 3.25. The van der Waals surface area contributed by atoms with E-state index in [1.807, 2.05) is 7.05 Å². The van der Waals surface area contributed by atoms with Crippen molar-refractivity contribution in [2.45, 2.75) is 26.2 Å². The van der Waals surface area contributed by atoms with E-state index in [1.54, 1.807) is 0 Å². The lowest BCUT2D eigenvalue weighted by Gasteiger charge is -2.22. The summed E-state index contributed by atoms with van der Waals surface area (Å²) >= 11 is 0. The highest BCUT2D eigenvalue weighted by molar-refractivity contribution is 5.28. The highest BCUT2D eigenvalue weighted by Gasteiger charge is 2.22. The molecule has 1 unspecified atom stereocenters. The van der Waals surface area contributed by atoms with Crippen LogP contribution in [0.3, 0.4) is 0 Å². The summed E-state index contributed by atoms with van der Waals surface area (Å²) in [5.74, 6) is 0.801. The van der Waals surface area contributed by atoms with Gasteiger partial charge >= 0.3 is 0 Å². The predicted molar refractivity (Wildman–Crippen MR) is 57.4 cm³/mol. The number of hydrogen-bond acceptors (Lipinski definition) is 2. The fourth-order valence-corrected chi connectivity index (χ4v) is 2.52. The number of aromatic nitrogens is 2. The molecule has 0 saturated carbocycles. The van der Waals surface area contributed by atoms with E-state index in [0.717, 1.165) is 12.5 Å². The van der Waals surface area contributed by atoms with Gasteiger partial charge in [0.1, 0.15) is 0 Å². The molecule has 1 aromatic rings. The molecule has 1 heterocycles. The van der Waals surface area contributed by atoms with Crippen LogP contribution >= 0.6 is 0 Å². The van der Waals surface area contributed by atoms with Gasteiger partial charge in [0.15, 0.2) is 0 Å². The van der Waals surface area contributed by atoms with E-state index in [4.69, 9.17) is 0 Å². The van der Waals surface area contributed by atoms with Gasteiger partial charge in [-0.15, -0.1) is 0 Å². The minimum absolute atomic E-state index is 0.801. The van der Waals surface area contributed by atoms with Crippen LogP contribution in [0.4, 0.5) is 0 Å². The Kier molecular flexibility index (Phi) is 2.59. The van der Waals surface area contributed by atoms with Crippen molar-refractivity contribution >= 4 is 0 Å². The fourth-order valence-electron chi connectivity index (χ4n) is 2.52. The molecule has 0 saturated heterocycles. The SMILES string of the molecule is CNCC1CCc2c(c(C)nn2C)C1. The number of aryl methyl sites for hydroxylation is 2. The van der Waals surface area contributed by atoms with Gasteiger partial charge in [-0.05, 0) is 51.3 Å². The molecule has 78 valence electrons. The fraction of sp³-hybridized carbons (Fsp3) is 0.727. The Hall–Kier alpha value is -0.830. The molecule has 1 aliphatic carbocycles. The van der Waals surface area contributed by atoms with Gasteiger partial charge in [0.05, 0.1) is 5.69 Å². The summed E-state index contributed by atoms with van der Waals surface area (Å²) in [6.07, 6.45) is 3.70. The topological polar surface area (TPSA) is 29.9 Å². The van der Waals surface area contributed by atoms with Gasteiger partial charge in [-0.25, -0.2) is 0 Å². The van der Waals surface area contributed by atoms with Gasteiger partial charge < -0.3 is 5.32 Å². The van der Waals surface area contributed by atoms with E-state index in [0.29, 0.717) is 0 Å². The monoisotopic (exact) mass is 193 g/mol. The van der Waals surface area contributed by atoms with Crippen LogP contribution in [0.2, 0.25) is 0 Å². The molecule has 0 amide bonds. The minimum Gasteiger partial charge on any atom is -0.319 e. The first-order valence-corrected chi connectivity index (χ1v) is 5.38. The molecule has 3 nitrogen and oxygen atoms in total. The number of nitrogens with zero attached hydrogens (tertiary/aromatic N) is 2. The zero-order valence-electron chi connectivity index (χ0n) is 9.30. The van der Waals surface area contributed by atoms with Crippen LogP contribution in [-0.2, 0) is 19.9 Å². The molecule has 1 aromatic heterocycles. The van der Waals surface area contributed by atoms with E-state index in [2.05, 4.69) is 29.1 Å². The average molecular weight is 193 g/mol. The summed E-state index contributed by atoms with van der Waals surface area (Å²) in [6.45, 7) is 3.26. The van der Waals surface area contributed by atoms with E-state index < -0.39 is 0 Å². The highest BCUT2D eigenvalue weighted by atomic mass is 15.3. The van der Waals surface area contributed by atoms with Gasteiger partial charge in [-0.2, -0.15) is 5.10 Å². The molecule has 1 N–H and O–H groups in total. The van der Waals surface area contributed by atoms with Crippen molar-refractivity contribution < 1.29 is 0 Å². The summed E-state index contributed by atoms with van der Waals surface area (Å²) in [6, 6.07) is 0. The second-order valence-electron chi connectivity index (χ2n) is 4.30. The number of hydrogen-bond donors (Lipinski definition) is 1. The molecular weight excluding hydrogens is 174 g/mol. The van der Waals surface area contributed by atoms with Gasteiger partial charge in [0, 0.05) is 12.7 Å². The molecular formula is C11H19N3. The standard InChI is InChI=1S/C11H19N3/c1-8-10-6-9(7-12-2)4-5-11(10)14(3)13-8/h9,12H,4-7H2,1-3H3. The number of fused-ring (bicyclic) bond motifs is 1. The van der Waals surface area contributed by atoms with Crippen molar-refractivity contribution in [2.75, 3.05) is 13.6 Å². The quantitative estimate of drug-likeness (QED) is 0.761. The first-order valence-electron chi connectivity index (χ1n) is 5.38. The van der Waals surface area contributed by atoms with Crippen molar-refractivity contribution in [1.29, 1.82) is 0 Å². The Bertz CT molecular complexity index is 328. The average Bonchev–Trinajstić information content (AvgIpc) is 2.43. The lowest BCUT2D eigenvalue weighted by Crippen LogP contribution is -2.25. The molecule has 1 aliphatic rings. The molecule has 0 aliphatic heterocycles. The van der Waals surface area contributed by atoms with Crippen molar-refractivity contribution in [3.05, 3.63) is 17.0 Å². The number of rotatable bonds is 2. The Balaban J connectivity index is 2.21. The van der Waals surface area contributed by atoms with Gasteiger partial charge in [0.25, 0.3) is 0 Å². The van der Waals surface area contributed by atoms with Crippen LogP contribution in [0, 0.1) is 12.8 Å². The van der Waals surface area contributed by atoms with Gasteiger partial charge in [0.2, 0.25) is 0 Å². The molecule has 0 radical (unpaired) electrons. The third-order valence-corrected chi connectivity index (χ3v) is 3.25. The first-order chi connectivity index (χ1) is 6.72. The van der Waals surface area contributed by atoms with Crippen LogP contribution in [0.15, 0.2) is 0 Å². The molecule has 1 atom stereocenters. The Morgan fingerprint density at radius 1 is 1.57 bits per heavy atom. The summed E-state index contributed by atoms with van der Waals surface area (Å²) in [5.41, 5.74) is 4.18. The van der Waals surface area contributed by atoms with Crippen molar-refractivity contribution in [3.63, 3.8) is 0 Å². The Morgan fingerprint density at radius 3 is 3.07 bits per heavy atom. The van der Waals surface area contributed by atoms with Crippen molar-refractivity contribution in [1.82, 2.24) is 15.1 Å². The second-order valence-corrected chi connectivity index (χ2v) is 4.30. The van der Waals surface area contributed by atoms with Crippen LogP contribution in [0.5, 0.6) is 0 Å². The molecule has 0 aromatic carbocycles. The van der Waals surface area contributed by atoms with Crippen molar-refractivity contribution in [3.8, 4) is 0 Å². The predicted octanol–water partition coefficient (Wildman–Crippen LogP) is 1.05. The maximum absolute atomic E-state index is 4.48. The maximum atomic E-state index is 4.48. The highest BCUT2D eigenvalue weighted by Crippen LogP contribution is 2.26. The molecule has 3 heteroatoms. The van der Waals surface area contributed by atoms with Crippen LogP contribution in [-0.4, -0.2) is 23.4 Å². The van der Waals surface area contributed by atoms with Gasteiger partial charge in [-0.3, -0.25) is 4.68 Å². The zero-order chi connectivity index (χ0) is 10.1. The van der Waals surface area contributed by atoms with E-state index in [-0.39, 0.29) is 0 Å². The molecule has 2 rings (SSSR count). The largest absolute Gasteiger partial charge is 0.319 e. The summed E-state index contributed by atoms with van der Waals surface area (Å²) in [5, 5.41) is 7.75. The molecule has 14 heavy (non-hydrogen) atoms. The lowest BCUT2D eigenvalue weighted by atomic mass is 9.86. The third kappa shape index (κ3) is 1.57. The Labute approximate surface area is 85.5 Å². The molecule has 0 bridgehead atoms. The zero-order valence-corrected chi connectivity index (χ0v) is 9.30. The maximum Gasteiger partial charge on any atom is 0.0628 e. The van der Waals surface area contributed by atoms with E-state index in [1.165, 1.54) is 36.2 Å². The normalized spacial score (nSPS) is 20.9. The second kappa shape index (κ2) is 3.73. The first kappa shape index (κ1) is 9.71. The van der Waals surface area contributed by atoms with Gasteiger partial charge in [-0.1, -0.05) is 0 Å². The molecule has 0 fully saturated rings. The van der Waals surface area contributed by atoms with E-state index in [9.17, 15) is 0 Å². The smallest absolute Gasteiger partial charge is 0.0628 e. The summed E-state index contributed by atoms with van der Waals surface area (Å²) in [7, 11) is 4.09. The lowest BCUT2D eigenvalue weighted by molar-refractivity contribution is 0.431. The van der Waals surface area contributed by atoms with Crippen LogP contribution < -0.4 is 5.32 Å². The van der Waals surface area contributed by atoms with Crippen LogP contribution in [0.1, 0.15) is 23.4 Å².